The number of hydrogen-bond donors (Lipinski definition) is 2. The van der Waals surface area contributed by atoms with Gasteiger partial charge in [-0.15, -0.1) is 0 Å². The van der Waals surface area contributed by atoms with Gasteiger partial charge in [-0.25, -0.2) is 9.37 Å². The molecule has 8 nitrogen and oxygen atoms in total. The van der Waals surface area contributed by atoms with Crippen LogP contribution in [-0.4, -0.2) is 38.7 Å². The number of pyridine rings is 2. The van der Waals surface area contributed by atoms with Crippen molar-refractivity contribution in [3.8, 4) is 0 Å². The summed E-state index contributed by atoms with van der Waals surface area (Å²) in [4.78, 5) is 23.2. The number of likely N-dealkylation sites (N-methyl/N-ethyl adjacent to an activating group) is 1. The minimum Gasteiger partial charge on any atom is -0.366 e. The molecule has 0 saturated heterocycles. The van der Waals surface area contributed by atoms with E-state index < -0.39 is 0 Å². The third-order valence-corrected chi connectivity index (χ3v) is 5.40. The molecule has 0 spiro atoms. The summed E-state index contributed by atoms with van der Waals surface area (Å²) < 4.78 is 14.8. The van der Waals surface area contributed by atoms with Crippen LogP contribution in [0.5, 0.6) is 0 Å². The Morgan fingerprint density at radius 3 is 2.81 bits per heavy atom. The Labute approximate surface area is 180 Å². The summed E-state index contributed by atoms with van der Waals surface area (Å²) in [7, 11) is 1.94. The van der Waals surface area contributed by atoms with Gasteiger partial charge in [-0.05, 0) is 25.0 Å². The Bertz CT molecular complexity index is 1090. The van der Waals surface area contributed by atoms with E-state index in [4.69, 9.17) is 0 Å². The van der Waals surface area contributed by atoms with E-state index in [0.717, 1.165) is 34.1 Å². The first-order valence-electron chi connectivity index (χ1n) is 10.2. The van der Waals surface area contributed by atoms with E-state index in [9.17, 15) is 9.18 Å². The molecule has 0 saturated carbocycles. The first kappa shape index (κ1) is 20.8. The predicted octanol–water partition coefficient (Wildman–Crippen LogP) is 3.19. The van der Waals surface area contributed by atoms with E-state index in [1.165, 1.54) is 12.3 Å². The van der Waals surface area contributed by atoms with Gasteiger partial charge in [0.05, 0.1) is 41.7 Å². The van der Waals surface area contributed by atoms with Crippen LogP contribution in [-0.2, 0) is 17.9 Å². The van der Waals surface area contributed by atoms with Gasteiger partial charge in [0.2, 0.25) is 5.91 Å². The van der Waals surface area contributed by atoms with Gasteiger partial charge in [-0.2, -0.15) is 5.10 Å². The first-order chi connectivity index (χ1) is 14.8. The molecule has 0 radical (unpaired) electrons. The molecule has 3 aromatic heterocycles. The molecule has 162 valence electrons. The van der Waals surface area contributed by atoms with Crippen molar-refractivity contribution in [2.75, 3.05) is 22.6 Å². The fraction of sp³-hybridized carbons (Fsp3) is 0.364. The van der Waals surface area contributed by atoms with Crippen LogP contribution in [0.2, 0.25) is 0 Å². The number of halogens is 1. The highest BCUT2D eigenvalue weighted by Gasteiger charge is 2.34. The molecule has 0 bridgehead atoms. The molecule has 0 aliphatic carbocycles. The van der Waals surface area contributed by atoms with Gasteiger partial charge in [-0.1, -0.05) is 13.8 Å². The number of carbonyl (C=O) groups is 1. The normalized spacial score (nSPS) is 15.7. The lowest BCUT2D eigenvalue weighted by molar-refractivity contribution is -0.118. The van der Waals surface area contributed by atoms with E-state index in [0.29, 0.717) is 13.1 Å². The van der Waals surface area contributed by atoms with Crippen molar-refractivity contribution in [1.82, 2.24) is 19.7 Å². The van der Waals surface area contributed by atoms with E-state index in [1.807, 2.05) is 45.0 Å². The lowest BCUT2D eigenvalue weighted by Crippen LogP contribution is -2.49. The van der Waals surface area contributed by atoms with E-state index in [2.05, 4.69) is 25.7 Å². The number of aromatic nitrogens is 4. The van der Waals surface area contributed by atoms with Crippen molar-refractivity contribution in [1.29, 1.82) is 0 Å². The van der Waals surface area contributed by atoms with Crippen LogP contribution >= 0.6 is 0 Å². The Morgan fingerprint density at radius 1 is 1.29 bits per heavy atom. The zero-order valence-corrected chi connectivity index (χ0v) is 18.1. The van der Waals surface area contributed by atoms with Gasteiger partial charge < -0.3 is 15.5 Å². The molecule has 1 aliphatic rings. The lowest BCUT2D eigenvalue weighted by atomic mass is 9.98. The maximum absolute atomic E-state index is 13.0. The van der Waals surface area contributed by atoms with Crippen molar-refractivity contribution in [3.63, 3.8) is 0 Å². The van der Waals surface area contributed by atoms with Gasteiger partial charge in [0.15, 0.2) is 0 Å². The molecular formula is C22H26FN7O. The average Bonchev–Trinajstić information content (AvgIpc) is 3.16. The zero-order valence-electron chi connectivity index (χ0n) is 18.1. The first-order valence-corrected chi connectivity index (χ1v) is 10.2. The summed E-state index contributed by atoms with van der Waals surface area (Å²) in [5, 5.41) is 10.7. The molecule has 0 fully saturated rings. The van der Waals surface area contributed by atoms with Crippen LogP contribution in [0.3, 0.4) is 0 Å². The molecule has 4 heterocycles. The van der Waals surface area contributed by atoms with Gasteiger partial charge >= 0.3 is 0 Å². The Morgan fingerprint density at radius 2 is 2.10 bits per heavy atom. The minimum atomic E-state index is -0.355. The third-order valence-electron chi connectivity index (χ3n) is 5.40. The molecule has 2 N–H and O–H groups in total. The van der Waals surface area contributed by atoms with Crippen LogP contribution in [0, 0.1) is 18.7 Å². The number of carbonyl (C=O) groups excluding carboxylic acids is 1. The molecule has 1 aliphatic heterocycles. The molecule has 0 aromatic carbocycles. The maximum Gasteiger partial charge on any atom is 0.247 e. The van der Waals surface area contributed by atoms with Crippen molar-refractivity contribution in [2.24, 2.45) is 5.92 Å². The summed E-state index contributed by atoms with van der Waals surface area (Å²) in [6.45, 7) is 6.99. The second kappa shape index (κ2) is 8.33. The van der Waals surface area contributed by atoms with Gasteiger partial charge in [0, 0.05) is 31.4 Å². The van der Waals surface area contributed by atoms with Crippen LogP contribution in [0.15, 0.2) is 36.8 Å². The highest BCUT2D eigenvalue weighted by molar-refractivity contribution is 6.04. The fourth-order valence-electron chi connectivity index (χ4n) is 3.89. The SMILES string of the molecule is Cc1nc(NCc2cnn(Cc3ccc(F)cn3)c2)cc2c1NC(=O)[C@H](C(C)C)N2C. The number of aryl methyl sites for hydroxylation is 1. The monoisotopic (exact) mass is 423 g/mol. The quantitative estimate of drug-likeness (QED) is 0.633. The second-order valence-corrected chi connectivity index (χ2v) is 8.14. The van der Waals surface area contributed by atoms with Gasteiger partial charge in [0.25, 0.3) is 0 Å². The predicted molar refractivity (Wildman–Crippen MR) is 117 cm³/mol. The summed E-state index contributed by atoms with van der Waals surface area (Å²) in [6.07, 6.45) is 4.90. The molecule has 31 heavy (non-hydrogen) atoms. The number of anilines is 3. The Balaban J connectivity index is 1.46. The van der Waals surface area contributed by atoms with Crippen LogP contribution < -0.4 is 15.5 Å². The standard InChI is InChI=1S/C22H26FN7O/c1-13(2)21-22(31)28-20-14(3)27-19(7-18(20)29(21)4)25-8-15-9-26-30(11-15)12-17-6-5-16(23)10-24-17/h5-7,9-11,13,21H,8,12H2,1-4H3,(H,25,27)(H,28,31)/t21-/m0/s1. The molecule has 9 heteroatoms. The second-order valence-electron chi connectivity index (χ2n) is 8.14. The number of hydrogen-bond acceptors (Lipinski definition) is 6. The van der Waals surface area contributed by atoms with Crippen molar-refractivity contribution < 1.29 is 9.18 Å². The minimum absolute atomic E-state index is 0.00123. The average molecular weight is 423 g/mol. The van der Waals surface area contributed by atoms with E-state index >= 15 is 0 Å². The fourth-order valence-corrected chi connectivity index (χ4v) is 3.89. The third kappa shape index (κ3) is 4.35. The number of amides is 1. The highest BCUT2D eigenvalue weighted by atomic mass is 19.1. The maximum atomic E-state index is 13.0. The molecule has 1 amide bonds. The smallest absolute Gasteiger partial charge is 0.247 e. The Kier molecular flexibility index (Phi) is 5.58. The topological polar surface area (TPSA) is 88.0 Å². The van der Waals surface area contributed by atoms with E-state index in [1.54, 1.807) is 16.9 Å². The van der Waals surface area contributed by atoms with Gasteiger partial charge in [-0.3, -0.25) is 14.5 Å². The van der Waals surface area contributed by atoms with Crippen molar-refractivity contribution in [2.45, 2.75) is 39.9 Å². The largest absolute Gasteiger partial charge is 0.366 e. The number of nitrogens with zero attached hydrogens (tertiary/aromatic N) is 5. The van der Waals surface area contributed by atoms with Crippen LogP contribution in [0.25, 0.3) is 0 Å². The van der Waals surface area contributed by atoms with Crippen molar-refractivity contribution in [3.05, 3.63) is 59.6 Å². The summed E-state index contributed by atoms with van der Waals surface area (Å²) >= 11 is 0. The Hall–Kier alpha value is -3.49. The van der Waals surface area contributed by atoms with Crippen LogP contribution in [0.1, 0.15) is 30.8 Å². The van der Waals surface area contributed by atoms with Crippen molar-refractivity contribution >= 4 is 23.1 Å². The van der Waals surface area contributed by atoms with E-state index in [-0.39, 0.29) is 23.7 Å². The zero-order chi connectivity index (χ0) is 22.1. The number of fused-ring (bicyclic) bond motifs is 1. The molecule has 1 atom stereocenters. The molecule has 0 unspecified atom stereocenters. The highest BCUT2D eigenvalue weighted by Crippen LogP contribution is 2.36. The summed E-state index contributed by atoms with van der Waals surface area (Å²) in [5.41, 5.74) is 4.20. The summed E-state index contributed by atoms with van der Waals surface area (Å²) in [6, 6.07) is 4.78. The van der Waals surface area contributed by atoms with Gasteiger partial charge in [0.1, 0.15) is 17.7 Å². The molecule has 4 rings (SSSR count). The molecule has 3 aromatic rings. The number of rotatable bonds is 6. The van der Waals surface area contributed by atoms with Crippen LogP contribution in [0.4, 0.5) is 21.6 Å². The lowest BCUT2D eigenvalue weighted by Gasteiger charge is -2.38. The summed E-state index contributed by atoms with van der Waals surface area (Å²) in [5.74, 6) is 0.560. The molecular weight excluding hydrogens is 397 g/mol. The number of nitrogens with one attached hydrogen (secondary N) is 2.